The van der Waals surface area contributed by atoms with E-state index in [4.69, 9.17) is 9.47 Å². The van der Waals surface area contributed by atoms with E-state index < -0.39 is 24.0 Å². The number of esters is 1. The zero-order valence-electron chi connectivity index (χ0n) is 17.2. The fourth-order valence-corrected chi connectivity index (χ4v) is 3.12. The van der Waals surface area contributed by atoms with Crippen molar-refractivity contribution in [3.05, 3.63) is 108 Å². The van der Waals surface area contributed by atoms with Gasteiger partial charge in [0, 0.05) is 12.2 Å². The number of ketones is 1. The third-order valence-corrected chi connectivity index (χ3v) is 4.60. The maximum absolute atomic E-state index is 12.8. The first kappa shape index (κ1) is 21.5. The first-order valence-electron chi connectivity index (χ1n) is 10.1. The molecule has 3 rings (SSSR count). The molecule has 2 atom stereocenters. The molecule has 0 aliphatic heterocycles. The molecule has 0 radical (unpaired) electrons. The van der Waals surface area contributed by atoms with Gasteiger partial charge >= 0.3 is 5.97 Å². The maximum atomic E-state index is 12.8. The molecule has 0 heterocycles. The summed E-state index contributed by atoms with van der Waals surface area (Å²) in [6.07, 6.45) is -1.30. The van der Waals surface area contributed by atoms with E-state index in [1.165, 1.54) is 0 Å². The van der Waals surface area contributed by atoms with Crippen LogP contribution < -0.4 is 0 Å². The average Bonchev–Trinajstić information content (AvgIpc) is 2.79. The molecule has 0 spiro atoms. The summed E-state index contributed by atoms with van der Waals surface area (Å²) in [5.74, 6) is -1.27. The first-order valence-corrected chi connectivity index (χ1v) is 10.1. The van der Waals surface area contributed by atoms with Crippen molar-refractivity contribution in [2.75, 3.05) is 6.61 Å². The molecule has 4 nitrogen and oxygen atoms in total. The Labute approximate surface area is 177 Å². The Kier molecular flexibility index (Phi) is 7.52. The van der Waals surface area contributed by atoms with Crippen LogP contribution in [0.4, 0.5) is 0 Å². The molecule has 0 amide bonds. The molecule has 0 aliphatic rings. The van der Waals surface area contributed by atoms with Gasteiger partial charge in [0.05, 0.1) is 0 Å². The van der Waals surface area contributed by atoms with Crippen LogP contribution in [0.3, 0.4) is 0 Å². The van der Waals surface area contributed by atoms with Gasteiger partial charge in [0.15, 0.2) is 6.10 Å². The highest BCUT2D eigenvalue weighted by Crippen LogP contribution is 2.36. The minimum absolute atomic E-state index is 0.300. The van der Waals surface area contributed by atoms with Crippen molar-refractivity contribution in [3.63, 3.8) is 0 Å². The number of hydrogen-bond donors (Lipinski definition) is 0. The van der Waals surface area contributed by atoms with Crippen molar-refractivity contribution < 1.29 is 19.1 Å². The predicted octanol–water partition coefficient (Wildman–Crippen LogP) is 5.57. The summed E-state index contributed by atoms with van der Waals surface area (Å²) in [7, 11) is 0. The highest BCUT2D eigenvalue weighted by Gasteiger charge is 2.32. The van der Waals surface area contributed by atoms with Crippen molar-refractivity contribution in [1.29, 1.82) is 0 Å². The average molecular weight is 402 g/mol. The molecule has 0 bridgehead atoms. The van der Waals surface area contributed by atoms with Crippen LogP contribution in [0.2, 0.25) is 0 Å². The molecule has 3 aromatic rings. The smallest absolute Gasteiger partial charge is 0.380 e. The largest absolute Gasteiger partial charge is 0.448 e. The normalized spacial score (nSPS) is 12.9. The van der Waals surface area contributed by atoms with E-state index >= 15 is 0 Å². The van der Waals surface area contributed by atoms with Crippen molar-refractivity contribution >= 4 is 11.8 Å². The van der Waals surface area contributed by atoms with E-state index in [0.717, 1.165) is 11.1 Å². The van der Waals surface area contributed by atoms with Gasteiger partial charge in [0.1, 0.15) is 6.10 Å². The summed E-state index contributed by atoms with van der Waals surface area (Å²) in [4.78, 5) is 25.4. The standard InChI is InChI=1S/C26H26O4/c1-19(2)18-29-24(21-14-8-4-9-15-21)25(22-16-10-5-11-17-22)30-26(28)23(27)20-12-6-3-7-13-20/h3-17,19,24-25H,18H2,1-2H3/t24-,25+/m0/s1. The Balaban J connectivity index is 1.94. The molecule has 0 N–H and O–H groups in total. The predicted molar refractivity (Wildman–Crippen MR) is 116 cm³/mol. The molecule has 0 unspecified atom stereocenters. The maximum Gasteiger partial charge on any atom is 0.380 e. The quantitative estimate of drug-likeness (QED) is 0.267. The Morgan fingerprint density at radius 2 is 1.17 bits per heavy atom. The van der Waals surface area contributed by atoms with Crippen LogP contribution in [0, 0.1) is 5.92 Å². The lowest BCUT2D eigenvalue weighted by atomic mass is 9.97. The zero-order valence-corrected chi connectivity index (χ0v) is 17.2. The minimum atomic E-state index is -0.899. The van der Waals surface area contributed by atoms with Crippen molar-refractivity contribution in [2.45, 2.75) is 26.1 Å². The van der Waals surface area contributed by atoms with Crippen LogP contribution in [0.5, 0.6) is 0 Å². The molecule has 0 fully saturated rings. The topological polar surface area (TPSA) is 52.6 Å². The third kappa shape index (κ3) is 5.65. The number of hydrogen-bond acceptors (Lipinski definition) is 4. The Morgan fingerprint density at radius 1 is 0.700 bits per heavy atom. The second-order valence-corrected chi connectivity index (χ2v) is 7.49. The van der Waals surface area contributed by atoms with Gasteiger partial charge in [-0.3, -0.25) is 4.79 Å². The lowest BCUT2D eigenvalue weighted by Crippen LogP contribution is -2.26. The van der Waals surface area contributed by atoms with Crippen LogP contribution in [0.1, 0.15) is 47.5 Å². The molecule has 154 valence electrons. The number of benzene rings is 3. The molecular weight excluding hydrogens is 376 g/mol. The summed E-state index contributed by atoms with van der Waals surface area (Å²) in [6, 6.07) is 27.5. The highest BCUT2D eigenvalue weighted by atomic mass is 16.6. The van der Waals surface area contributed by atoms with Gasteiger partial charge < -0.3 is 9.47 Å². The summed E-state index contributed by atoms with van der Waals surface area (Å²) >= 11 is 0. The number of carbonyl (C=O) groups is 2. The SMILES string of the molecule is CC(C)CO[C@@H](c1ccccc1)[C@H](OC(=O)C(=O)c1ccccc1)c1ccccc1. The summed E-state index contributed by atoms with van der Waals surface area (Å²) in [6.45, 7) is 4.61. The van der Waals surface area contributed by atoms with Gasteiger partial charge in [-0.2, -0.15) is 0 Å². The van der Waals surface area contributed by atoms with Crippen molar-refractivity contribution in [2.24, 2.45) is 5.92 Å². The summed E-state index contributed by atoms with van der Waals surface area (Å²) in [5.41, 5.74) is 1.95. The van der Waals surface area contributed by atoms with Crippen molar-refractivity contribution in [3.8, 4) is 0 Å². The van der Waals surface area contributed by atoms with Gasteiger partial charge in [0.25, 0.3) is 5.78 Å². The molecule has 3 aromatic carbocycles. The van der Waals surface area contributed by atoms with Crippen molar-refractivity contribution in [1.82, 2.24) is 0 Å². The number of carbonyl (C=O) groups excluding carboxylic acids is 2. The van der Waals surface area contributed by atoms with E-state index in [9.17, 15) is 9.59 Å². The molecule has 4 heteroatoms. The van der Waals surface area contributed by atoms with Crippen LogP contribution in [-0.4, -0.2) is 18.4 Å². The first-order chi connectivity index (χ1) is 14.6. The van der Waals surface area contributed by atoms with Gasteiger partial charge in [-0.1, -0.05) is 105 Å². The fraction of sp³-hybridized carbons (Fsp3) is 0.231. The Bertz CT molecular complexity index is 937. The van der Waals surface area contributed by atoms with Gasteiger partial charge in [-0.05, 0) is 17.0 Å². The minimum Gasteiger partial charge on any atom is -0.448 e. The van der Waals surface area contributed by atoms with E-state index in [-0.39, 0.29) is 0 Å². The molecule has 30 heavy (non-hydrogen) atoms. The summed E-state index contributed by atoms with van der Waals surface area (Å²) in [5, 5.41) is 0. The molecular formula is C26H26O4. The van der Waals surface area contributed by atoms with Crippen LogP contribution >= 0.6 is 0 Å². The van der Waals surface area contributed by atoms with E-state index in [0.29, 0.717) is 18.1 Å². The molecule has 0 saturated carbocycles. The Morgan fingerprint density at radius 3 is 1.67 bits per heavy atom. The third-order valence-electron chi connectivity index (χ3n) is 4.60. The molecule has 0 aliphatic carbocycles. The number of ether oxygens (including phenoxy) is 2. The lowest BCUT2D eigenvalue weighted by molar-refractivity contribution is -0.154. The molecule has 0 aromatic heterocycles. The summed E-state index contributed by atoms with van der Waals surface area (Å²) < 4.78 is 12.0. The highest BCUT2D eigenvalue weighted by molar-refractivity contribution is 6.40. The van der Waals surface area contributed by atoms with E-state index in [1.54, 1.807) is 30.3 Å². The number of rotatable bonds is 9. The van der Waals surface area contributed by atoms with E-state index in [1.807, 2.05) is 60.7 Å². The Hall–Kier alpha value is -3.24. The van der Waals surface area contributed by atoms with Gasteiger partial charge in [0.2, 0.25) is 0 Å². The monoisotopic (exact) mass is 402 g/mol. The lowest BCUT2D eigenvalue weighted by Gasteiger charge is -2.28. The van der Waals surface area contributed by atoms with Gasteiger partial charge in [-0.15, -0.1) is 0 Å². The fourth-order valence-electron chi connectivity index (χ4n) is 3.12. The van der Waals surface area contributed by atoms with Crippen LogP contribution in [0.25, 0.3) is 0 Å². The van der Waals surface area contributed by atoms with Crippen LogP contribution in [-0.2, 0) is 14.3 Å². The second-order valence-electron chi connectivity index (χ2n) is 7.49. The van der Waals surface area contributed by atoms with Crippen LogP contribution in [0.15, 0.2) is 91.0 Å². The number of Topliss-reactive ketones (excluding diaryl/α,β-unsaturated/α-hetero) is 1. The molecule has 0 saturated heterocycles. The van der Waals surface area contributed by atoms with Gasteiger partial charge in [-0.25, -0.2) is 4.79 Å². The second kappa shape index (κ2) is 10.5. The zero-order chi connectivity index (χ0) is 21.3. The van der Waals surface area contributed by atoms with E-state index in [2.05, 4.69) is 13.8 Å².